The van der Waals surface area contributed by atoms with Crippen molar-refractivity contribution in [2.75, 3.05) is 5.73 Å². The van der Waals surface area contributed by atoms with Crippen LogP contribution in [-0.2, 0) is 0 Å². The van der Waals surface area contributed by atoms with Gasteiger partial charge in [-0.1, -0.05) is 44.2 Å². The summed E-state index contributed by atoms with van der Waals surface area (Å²) in [6, 6.07) is 10.1. The Morgan fingerprint density at radius 3 is 1.82 bits per heavy atom. The maximum Gasteiger partial charge on any atom is 0.220 e. The Morgan fingerprint density at radius 2 is 1.35 bits per heavy atom. The number of nitrogens with two attached hydrogens (primary N) is 1. The SMILES string of the molecule is CC.Cc1nc(N)nc(C)c1-c1ccccc1. The van der Waals surface area contributed by atoms with Gasteiger partial charge in [0.2, 0.25) is 5.95 Å². The predicted octanol–water partition coefficient (Wildman–Crippen LogP) is 3.37. The molecule has 0 aliphatic heterocycles. The Labute approximate surface area is 103 Å². The molecule has 0 saturated heterocycles. The van der Waals surface area contributed by atoms with E-state index in [-0.39, 0.29) is 0 Å². The van der Waals surface area contributed by atoms with Gasteiger partial charge in [-0.05, 0) is 19.4 Å². The average Bonchev–Trinajstić information content (AvgIpc) is 2.31. The first-order valence-electron chi connectivity index (χ1n) is 5.84. The zero-order valence-corrected chi connectivity index (χ0v) is 10.9. The first kappa shape index (κ1) is 13.2. The lowest BCUT2D eigenvalue weighted by atomic mass is 10.0. The van der Waals surface area contributed by atoms with Crippen LogP contribution in [0.1, 0.15) is 25.2 Å². The van der Waals surface area contributed by atoms with Gasteiger partial charge in [-0.3, -0.25) is 0 Å². The minimum atomic E-state index is 0.338. The number of aryl methyl sites for hydroxylation is 2. The Hall–Kier alpha value is -1.90. The van der Waals surface area contributed by atoms with E-state index in [1.165, 1.54) is 0 Å². The normalized spacial score (nSPS) is 9.41. The number of nitrogen functional groups attached to an aromatic ring is 1. The monoisotopic (exact) mass is 229 g/mol. The maximum atomic E-state index is 5.58. The fraction of sp³-hybridized carbons (Fsp3) is 0.286. The fourth-order valence-electron chi connectivity index (χ4n) is 1.76. The van der Waals surface area contributed by atoms with Crippen molar-refractivity contribution in [1.82, 2.24) is 9.97 Å². The predicted molar refractivity (Wildman–Crippen MR) is 72.7 cm³/mol. The second-order valence-corrected chi connectivity index (χ2v) is 3.49. The van der Waals surface area contributed by atoms with Crippen molar-refractivity contribution < 1.29 is 0 Å². The second-order valence-electron chi connectivity index (χ2n) is 3.49. The maximum absolute atomic E-state index is 5.58. The summed E-state index contributed by atoms with van der Waals surface area (Å²) < 4.78 is 0. The average molecular weight is 229 g/mol. The standard InChI is InChI=1S/C12H13N3.C2H6/c1-8-11(9(2)15-12(13)14-8)10-6-4-3-5-7-10;1-2/h3-7H,1-2H3,(H2,13,14,15);1-2H3. The summed E-state index contributed by atoms with van der Waals surface area (Å²) in [5.74, 6) is 0.338. The van der Waals surface area contributed by atoms with Crippen LogP contribution in [0.25, 0.3) is 11.1 Å². The lowest BCUT2D eigenvalue weighted by Gasteiger charge is -2.08. The molecule has 2 N–H and O–H groups in total. The molecule has 3 nitrogen and oxygen atoms in total. The van der Waals surface area contributed by atoms with Gasteiger partial charge in [0.1, 0.15) is 0 Å². The smallest absolute Gasteiger partial charge is 0.220 e. The van der Waals surface area contributed by atoms with E-state index in [9.17, 15) is 0 Å². The molecule has 1 heterocycles. The van der Waals surface area contributed by atoms with Crippen molar-refractivity contribution in [3.63, 3.8) is 0 Å². The number of aromatic nitrogens is 2. The molecule has 0 spiro atoms. The Morgan fingerprint density at radius 1 is 0.882 bits per heavy atom. The summed E-state index contributed by atoms with van der Waals surface area (Å²) in [5.41, 5.74) is 9.63. The summed E-state index contributed by atoms with van der Waals surface area (Å²) in [4.78, 5) is 8.35. The van der Waals surface area contributed by atoms with Gasteiger partial charge in [-0.25, -0.2) is 9.97 Å². The van der Waals surface area contributed by atoms with Crippen LogP contribution in [0.4, 0.5) is 5.95 Å². The van der Waals surface area contributed by atoms with Crippen molar-refractivity contribution in [1.29, 1.82) is 0 Å². The van der Waals surface area contributed by atoms with E-state index in [4.69, 9.17) is 5.73 Å². The van der Waals surface area contributed by atoms with E-state index in [2.05, 4.69) is 22.1 Å². The Balaban J connectivity index is 0.000000686. The topological polar surface area (TPSA) is 51.8 Å². The molecule has 0 amide bonds. The van der Waals surface area contributed by atoms with Crippen LogP contribution in [0.3, 0.4) is 0 Å². The van der Waals surface area contributed by atoms with Crippen LogP contribution in [0, 0.1) is 13.8 Å². The molecule has 0 unspecified atom stereocenters. The molecule has 1 aromatic heterocycles. The van der Waals surface area contributed by atoms with Crippen LogP contribution >= 0.6 is 0 Å². The van der Waals surface area contributed by atoms with Crippen LogP contribution in [0.2, 0.25) is 0 Å². The van der Waals surface area contributed by atoms with E-state index in [1.54, 1.807) is 0 Å². The van der Waals surface area contributed by atoms with E-state index in [1.807, 2.05) is 45.9 Å². The molecule has 17 heavy (non-hydrogen) atoms. The lowest BCUT2D eigenvalue weighted by Crippen LogP contribution is -2.01. The molecule has 0 aliphatic rings. The number of hydrogen-bond donors (Lipinski definition) is 1. The first-order chi connectivity index (χ1) is 8.18. The molecule has 0 radical (unpaired) electrons. The number of anilines is 1. The molecule has 2 aromatic rings. The van der Waals surface area contributed by atoms with Gasteiger partial charge in [0, 0.05) is 5.56 Å². The highest BCUT2D eigenvalue weighted by atomic mass is 15.0. The summed E-state index contributed by atoms with van der Waals surface area (Å²) in [6.45, 7) is 7.90. The van der Waals surface area contributed by atoms with Crippen LogP contribution in [0.5, 0.6) is 0 Å². The highest BCUT2D eigenvalue weighted by molar-refractivity contribution is 5.68. The zero-order valence-electron chi connectivity index (χ0n) is 10.9. The molecule has 1 aromatic carbocycles. The van der Waals surface area contributed by atoms with Gasteiger partial charge >= 0.3 is 0 Å². The van der Waals surface area contributed by atoms with Gasteiger partial charge in [0.05, 0.1) is 11.4 Å². The fourth-order valence-corrected chi connectivity index (χ4v) is 1.76. The Kier molecular flexibility index (Phi) is 4.64. The first-order valence-corrected chi connectivity index (χ1v) is 5.84. The number of nitrogens with zero attached hydrogens (tertiary/aromatic N) is 2. The minimum absolute atomic E-state index is 0.338. The third kappa shape index (κ3) is 3.03. The minimum Gasteiger partial charge on any atom is -0.368 e. The van der Waals surface area contributed by atoms with Gasteiger partial charge in [-0.15, -0.1) is 0 Å². The molecule has 0 aliphatic carbocycles. The Bertz CT molecular complexity index is 455. The van der Waals surface area contributed by atoms with Gasteiger partial charge in [0.25, 0.3) is 0 Å². The van der Waals surface area contributed by atoms with E-state index < -0.39 is 0 Å². The number of hydrogen-bond acceptors (Lipinski definition) is 3. The second kappa shape index (κ2) is 5.99. The van der Waals surface area contributed by atoms with Crippen molar-refractivity contribution in [3.8, 4) is 11.1 Å². The van der Waals surface area contributed by atoms with E-state index in [0.29, 0.717) is 5.95 Å². The van der Waals surface area contributed by atoms with E-state index in [0.717, 1.165) is 22.5 Å². The van der Waals surface area contributed by atoms with Crippen molar-refractivity contribution in [2.45, 2.75) is 27.7 Å². The number of benzene rings is 1. The van der Waals surface area contributed by atoms with Crippen LogP contribution in [-0.4, -0.2) is 9.97 Å². The molecule has 3 heteroatoms. The molecule has 0 saturated carbocycles. The van der Waals surface area contributed by atoms with Crippen molar-refractivity contribution >= 4 is 5.95 Å². The zero-order chi connectivity index (χ0) is 12.8. The summed E-state index contributed by atoms with van der Waals surface area (Å²) in [5, 5.41) is 0. The third-order valence-corrected chi connectivity index (χ3v) is 2.35. The third-order valence-electron chi connectivity index (χ3n) is 2.35. The van der Waals surface area contributed by atoms with Gasteiger partial charge in [0.15, 0.2) is 0 Å². The molecule has 0 atom stereocenters. The van der Waals surface area contributed by atoms with Crippen molar-refractivity contribution in [3.05, 3.63) is 41.7 Å². The molecule has 0 bridgehead atoms. The largest absolute Gasteiger partial charge is 0.368 e. The molecule has 90 valence electrons. The van der Waals surface area contributed by atoms with Crippen LogP contribution < -0.4 is 5.73 Å². The lowest BCUT2D eigenvalue weighted by molar-refractivity contribution is 1.07. The molecular formula is C14H19N3. The van der Waals surface area contributed by atoms with Crippen molar-refractivity contribution in [2.24, 2.45) is 0 Å². The summed E-state index contributed by atoms with van der Waals surface area (Å²) in [6.07, 6.45) is 0. The van der Waals surface area contributed by atoms with Crippen LogP contribution in [0.15, 0.2) is 30.3 Å². The highest BCUT2D eigenvalue weighted by Crippen LogP contribution is 2.24. The molecule has 2 rings (SSSR count). The quantitative estimate of drug-likeness (QED) is 0.815. The van der Waals surface area contributed by atoms with E-state index >= 15 is 0 Å². The molecule has 0 fully saturated rings. The van der Waals surface area contributed by atoms with Gasteiger partial charge < -0.3 is 5.73 Å². The number of rotatable bonds is 1. The summed E-state index contributed by atoms with van der Waals surface area (Å²) >= 11 is 0. The highest BCUT2D eigenvalue weighted by Gasteiger charge is 2.08. The van der Waals surface area contributed by atoms with Gasteiger partial charge in [-0.2, -0.15) is 0 Å². The molecular weight excluding hydrogens is 210 g/mol. The summed E-state index contributed by atoms with van der Waals surface area (Å²) in [7, 11) is 0.